The van der Waals surface area contributed by atoms with E-state index in [4.69, 9.17) is 0 Å². The third-order valence-electron chi connectivity index (χ3n) is 4.06. The summed E-state index contributed by atoms with van der Waals surface area (Å²) in [5, 5.41) is 9.20. The number of fused-ring (bicyclic) bond motifs is 2. The molecular weight excluding hydrogens is 214 g/mol. The van der Waals surface area contributed by atoms with Gasteiger partial charge in [0.2, 0.25) is 5.91 Å². The van der Waals surface area contributed by atoms with Gasteiger partial charge in [-0.15, -0.1) is 0 Å². The highest BCUT2D eigenvalue weighted by Gasteiger charge is 2.43. The van der Waals surface area contributed by atoms with Gasteiger partial charge >= 0.3 is 0 Å². The SMILES string of the molecule is O=C1C2CCC(C2)N1CCc1ccc(O)cc1. The summed E-state index contributed by atoms with van der Waals surface area (Å²) in [5.41, 5.74) is 1.18. The van der Waals surface area contributed by atoms with Crippen molar-refractivity contribution in [2.45, 2.75) is 31.7 Å². The van der Waals surface area contributed by atoms with Crippen molar-refractivity contribution in [2.24, 2.45) is 5.92 Å². The summed E-state index contributed by atoms with van der Waals surface area (Å²) in [6.07, 6.45) is 4.24. The second-order valence-electron chi connectivity index (χ2n) is 5.11. The van der Waals surface area contributed by atoms with Crippen LogP contribution in [0.5, 0.6) is 5.75 Å². The second-order valence-corrected chi connectivity index (χ2v) is 5.11. The maximum atomic E-state index is 11.9. The highest BCUT2D eigenvalue weighted by molar-refractivity contribution is 5.82. The van der Waals surface area contributed by atoms with Gasteiger partial charge in [0.1, 0.15) is 5.75 Å². The zero-order valence-electron chi connectivity index (χ0n) is 9.80. The van der Waals surface area contributed by atoms with Gasteiger partial charge in [-0.25, -0.2) is 0 Å². The first-order valence-corrected chi connectivity index (χ1v) is 6.32. The maximum Gasteiger partial charge on any atom is 0.226 e. The van der Waals surface area contributed by atoms with E-state index in [2.05, 4.69) is 4.90 Å². The molecule has 0 aromatic heterocycles. The van der Waals surface area contributed by atoms with Crippen molar-refractivity contribution in [1.82, 2.24) is 4.90 Å². The van der Waals surface area contributed by atoms with Crippen LogP contribution in [-0.2, 0) is 11.2 Å². The van der Waals surface area contributed by atoms with Crippen molar-refractivity contribution in [2.75, 3.05) is 6.54 Å². The van der Waals surface area contributed by atoms with Crippen LogP contribution in [0.25, 0.3) is 0 Å². The molecule has 2 aliphatic rings. The quantitative estimate of drug-likeness (QED) is 0.863. The van der Waals surface area contributed by atoms with Crippen molar-refractivity contribution in [3.63, 3.8) is 0 Å². The number of phenols is 1. The van der Waals surface area contributed by atoms with Crippen LogP contribution in [0.1, 0.15) is 24.8 Å². The Hall–Kier alpha value is -1.51. The number of rotatable bonds is 3. The minimum atomic E-state index is 0.296. The maximum absolute atomic E-state index is 11.9. The van der Waals surface area contributed by atoms with E-state index in [1.54, 1.807) is 12.1 Å². The number of carbonyl (C=O) groups excluding carboxylic acids is 1. The molecule has 1 aliphatic carbocycles. The molecule has 1 saturated heterocycles. The molecule has 1 aliphatic heterocycles. The smallest absolute Gasteiger partial charge is 0.226 e. The van der Waals surface area contributed by atoms with E-state index in [1.807, 2.05) is 12.1 Å². The Morgan fingerprint density at radius 2 is 2.00 bits per heavy atom. The normalized spacial score (nSPS) is 26.8. The molecule has 1 saturated carbocycles. The Balaban J connectivity index is 1.61. The highest BCUT2D eigenvalue weighted by atomic mass is 16.3. The molecule has 3 rings (SSSR count). The molecule has 1 amide bonds. The molecular formula is C14H17NO2. The molecule has 3 heteroatoms. The molecule has 2 atom stereocenters. The molecule has 0 radical (unpaired) electrons. The molecule has 2 bridgehead atoms. The van der Waals surface area contributed by atoms with Gasteiger partial charge in [0, 0.05) is 18.5 Å². The van der Waals surface area contributed by atoms with Gasteiger partial charge < -0.3 is 10.0 Å². The van der Waals surface area contributed by atoms with Crippen LogP contribution in [0.15, 0.2) is 24.3 Å². The van der Waals surface area contributed by atoms with Crippen LogP contribution in [0.2, 0.25) is 0 Å². The van der Waals surface area contributed by atoms with Crippen molar-refractivity contribution in [1.29, 1.82) is 0 Å². The van der Waals surface area contributed by atoms with Crippen molar-refractivity contribution in [3.8, 4) is 5.75 Å². The van der Waals surface area contributed by atoms with Crippen LogP contribution in [-0.4, -0.2) is 28.5 Å². The average Bonchev–Trinajstić information content (AvgIpc) is 2.90. The number of hydrogen-bond donors (Lipinski definition) is 1. The Morgan fingerprint density at radius 1 is 1.24 bits per heavy atom. The van der Waals surface area contributed by atoms with Gasteiger partial charge in [0.25, 0.3) is 0 Å². The topological polar surface area (TPSA) is 40.5 Å². The minimum Gasteiger partial charge on any atom is -0.508 e. The van der Waals surface area contributed by atoms with Gasteiger partial charge in [0.05, 0.1) is 0 Å². The van der Waals surface area contributed by atoms with E-state index in [0.29, 0.717) is 23.6 Å². The van der Waals surface area contributed by atoms with E-state index in [9.17, 15) is 9.90 Å². The summed E-state index contributed by atoms with van der Waals surface area (Å²) in [6, 6.07) is 7.76. The number of aromatic hydroxyl groups is 1. The Bertz CT molecular complexity index is 426. The first-order valence-electron chi connectivity index (χ1n) is 6.32. The van der Waals surface area contributed by atoms with Crippen molar-refractivity contribution >= 4 is 5.91 Å². The number of likely N-dealkylation sites (tertiary alicyclic amines) is 1. The molecule has 1 N–H and O–H groups in total. The number of hydrogen-bond acceptors (Lipinski definition) is 2. The number of carbonyl (C=O) groups is 1. The van der Waals surface area contributed by atoms with Gasteiger partial charge in [0.15, 0.2) is 0 Å². The van der Waals surface area contributed by atoms with Gasteiger partial charge in [-0.1, -0.05) is 12.1 Å². The Morgan fingerprint density at radius 3 is 2.65 bits per heavy atom. The number of amides is 1. The van der Waals surface area contributed by atoms with Crippen LogP contribution < -0.4 is 0 Å². The summed E-state index contributed by atoms with van der Waals surface area (Å²) in [6.45, 7) is 0.824. The van der Waals surface area contributed by atoms with E-state index < -0.39 is 0 Å². The second kappa shape index (κ2) is 4.06. The monoisotopic (exact) mass is 231 g/mol. The first-order chi connectivity index (χ1) is 8.24. The van der Waals surface area contributed by atoms with Gasteiger partial charge in [-0.05, 0) is 43.4 Å². The number of piperidine rings is 1. The van der Waals surface area contributed by atoms with E-state index in [1.165, 1.54) is 12.0 Å². The third kappa shape index (κ3) is 1.90. The molecule has 90 valence electrons. The molecule has 2 fully saturated rings. The van der Waals surface area contributed by atoms with Crippen molar-refractivity contribution in [3.05, 3.63) is 29.8 Å². The lowest BCUT2D eigenvalue weighted by molar-refractivity contribution is -0.134. The molecule has 2 unspecified atom stereocenters. The summed E-state index contributed by atoms with van der Waals surface area (Å²) < 4.78 is 0. The number of phenolic OH excluding ortho intramolecular Hbond substituents is 1. The van der Waals surface area contributed by atoms with Crippen molar-refractivity contribution < 1.29 is 9.90 Å². The zero-order chi connectivity index (χ0) is 11.8. The average molecular weight is 231 g/mol. The summed E-state index contributed by atoms with van der Waals surface area (Å²) in [7, 11) is 0. The van der Waals surface area contributed by atoms with Crippen LogP contribution >= 0.6 is 0 Å². The third-order valence-corrected chi connectivity index (χ3v) is 4.06. The fourth-order valence-electron chi connectivity index (χ4n) is 3.08. The zero-order valence-corrected chi connectivity index (χ0v) is 9.80. The summed E-state index contributed by atoms with van der Waals surface area (Å²) in [4.78, 5) is 14.0. The largest absolute Gasteiger partial charge is 0.508 e. The van der Waals surface area contributed by atoms with E-state index in [0.717, 1.165) is 25.8 Å². The lowest BCUT2D eigenvalue weighted by Gasteiger charge is -2.27. The molecule has 17 heavy (non-hydrogen) atoms. The minimum absolute atomic E-state index is 0.296. The predicted octanol–water partition coefficient (Wildman–Crippen LogP) is 1.95. The van der Waals surface area contributed by atoms with Gasteiger partial charge in [-0.2, -0.15) is 0 Å². The predicted molar refractivity (Wildman–Crippen MR) is 64.7 cm³/mol. The van der Waals surface area contributed by atoms with Gasteiger partial charge in [-0.3, -0.25) is 4.79 Å². The number of benzene rings is 1. The van der Waals surface area contributed by atoms with E-state index >= 15 is 0 Å². The number of nitrogens with zero attached hydrogens (tertiary/aromatic N) is 1. The molecule has 3 nitrogen and oxygen atoms in total. The van der Waals surface area contributed by atoms with Crippen LogP contribution in [0, 0.1) is 5.92 Å². The summed E-state index contributed by atoms with van der Waals surface area (Å²) in [5.74, 6) is 0.977. The van der Waals surface area contributed by atoms with Crippen LogP contribution in [0.4, 0.5) is 0 Å². The highest BCUT2D eigenvalue weighted by Crippen LogP contribution is 2.38. The molecule has 0 spiro atoms. The molecule has 1 heterocycles. The van der Waals surface area contributed by atoms with Crippen LogP contribution in [0.3, 0.4) is 0 Å². The molecule has 1 aromatic rings. The lowest BCUT2D eigenvalue weighted by Crippen LogP contribution is -2.38. The summed E-state index contributed by atoms with van der Waals surface area (Å²) >= 11 is 0. The molecule has 1 aromatic carbocycles. The Kier molecular flexibility index (Phi) is 2.54. The lowest BCUT2D eigenvalue weighted by atomic mass is 10.1. The first kappa shape index (κ1) is 10.6. The Labute approximate surface area is 101 Å². The standard InChI is InChI=1S/C14H17NO2/c16-13-5-1-10(2-6-13)7-8-15-12-4-3-11(9-12)14(15)17/h1-2,5-6,11-12,16H,3-4,7-9H2. The fraction of sp³-hybridized carbons (Fsp3) is 0.500. The fourth-order valence-corrected chi connectivity index (χ4v) is 3.08. The van der Waals surface area contributed by atoms with E-state index in [-0.39, 0.29) is 0 Å².